The molecule has 0 aliphatic carbocycles. The number of carbonyl (C=O) groups excluding carboxylic acids is 2. The molecule has 2 amide bonds. The van der Waals surface area contributed by atoms with Crippen molar-refractivity contribution in [2.24, 2.45) is 0 Å². The summed E-state index contributed by atoms with van der Waals surface area (Å²) in [6.07, 6.45) is 0.187. The molecule has 0 aliphatic heterocycles. The lowest BCUT2D eigenvalue weighted by Gasteiger charge is -2.23. The third-order valence-corrected chi connectivity index (χ3v) is 4.63. The van der Waals surface area contributed by atoms with E-state index in [2.05, 4.69) is 5.32 Å². The van der Waals surface area contributed by atoms with Crippen LogP contribution in [0.4, 0.5) is 0 Å². The minimum atomic E-state index is -0.361. The maximum Gasteiger partial charge on any atom is 0.225 e. The van der Waals surface area contributed by atoms with E-state index in [1.807, 2.05) is 49.4 Å². The predicted octanol–water partition coefficient (Wildman–Crippen LogP) is 3.24. The number of hydrogen-bond acceptors (Lipinski definition) is 4. The summed E-state index contributed by atoms with van der Waals surface area (Å²) in [5, 5.41) is 2.87. The minimum Gasteiger partial charge on any atom is -0.493 e. The van der Waals surface area contributed by atoms with Gasteiger partial charge in [-0.05, 0) is 35.7 Å². The number of ether oxygens (including phenoxy) is 2. The molecule has 0 radical (unpaired) electrons. The molecule has 2 rings (SSSR count). The van der Waals surface area contributed by atoms with E-state index < -0.39 is 0 Å². The minimum absolute atomic E-state index is 0.0585. The van der Waals surface area contributed by atoms with Gasteiger partial charge in [0, 0.05) is 20.5 Å². The Balaban J connectivity index is 2.14. The van der Waals surface area contributed by atoms with E-state index in [9.17, 15) is 9.59 Å². The Bertz CT molecular complexity index is 821. The largest absolute Gasteiger partial charge is 0.493 e. The van der Waals surface area contributed by atoms with Crippen LogP contribution in [0.2, 0.25) is 0 Å². The molecular weight excluding hydrogens is 356 g/mol. The monoisotopic (exact) mass is 384 g/mol. The van der Waals surface area contributed by atoms with Crippen LogP contribution < -0.4 is 14.8 Å². The standard InChI is InChI=1S/C22H28N2O4/c1-15-11-20(27-4)21(28-5)12-18(15)14-24(3)22(26)13-19(23-16(2)25)17-9-7-6-8-10-17/h6-12,19H,13-14H2,1-5H3,(H,23,25)/t19-/m0/s1. The van der Waals surface area contributed by atoms with Crippen molar-refractivity contribution in [3.05, 3.63) is 59.2 Å². The van der Waals surface area contributed by atoms with Crippen LogP contribution in [0.1, 0.15) is 36.1 Å². The average Bonchev–Trinajstić information content (AvgIpc) is 2.68. The van der Waals surface area contributed by atoms with Crippen molar-refractivity contribution < 1.29 is 19.1 Å². The van der Waals surface area contributed by atoms with E-state index >= 15 is 0 Å². The molecule has 6 nitrogen and oxygen atoms in total. The molecule has 1 atom stereocenters. The van der Waals surface area contributed by atoms with Gasteiger partial charge in [0.15, 0.2) is 11.5 Å². The molecule has 0 saturated carbocycles. The Morgan fingerprint density at radius 3 is 2.25 bits per heavy atom. The van der Waals surface area contributed by atoms with Gasteiger partial charge in [0.05, 0.1) is 26.7 Å². The van der Waals surface area contributed by atoms with Gasteiger partial charge in [0.1, 0.15) is 0 Å². The van der Waals surface area contributed by atoms with Crippen molar-refractivity contribution in [1.82, 2.24) is 10.2 Å². The van der Waals surface area contributed by atoms with Gasteiger partial charge < -0.3 is 19.7 Å². The highest BCUT2D eigenvalue weighted by molar-refractivity contribution is 5.79. The summed E-state index contributed by atoms with van der Waals surface area (Å²) in [5.41, 5.74) is 2.89. The van der Waals surface area contributed by atoms with E-state index in [0.29, 0.717) is 18.0 Å². The van der Waals surface area contributed by atoms with Crippen molar-refractivity contribution in [3.63, 3.8) is 0 Å². The van der Waals surface area contributed by atoms with Crippen molar-refractivity contribution in [3.8, 4) is 11.5 Å². The summed E-state index contributed by atoms with van der Waals surface area (Å²) in [6, 6.07) is 12.9. The molecule has 2 aromatic carbocycles. The van der Waals surface area contributed by atoms with Gasteiger partial charge in [-0.1, -0.05) is 30.3 Å². The molecule has 28 heavy (non-hydrogen) atoms. The fraction of sp³-hybridized carbons (Fsp3) is 0.364. The topological polar surface area (TPSA) is 67.9 Å². The molecule has 0 aliphatic rings. The first-order valence-electron chi connectivity index (χ1n) is 9.13. The number of methoxy groups -OCH3 is 2. The highest BCUT2D eigenvalue weighted by Crippen LogP contribution is 2.31. The first-order valence-corrected chi connectivity index (χ1v) is 9.13. The molecule has 0 heterocycles. The number of nitrogens with one attached hydrogen (secondary N) is 1. The Morgan fingerprint density at radius 2 is 1.68 bits per heavy atom. The summed E-state index contributed by atoms with van der Waals surface area (Å²) >= 11 is 0. The Hall–Kier alpha value is -3.02. The number of amides is 2. The van der Waals surface area contributed by atoms with Gasteiger partial charge in [-0.3, -0.25) is 9.59 Å². The molecule has 0 fully saturated rings. The smallest absolute Gasteiger partial charge is 0.225 e. The second kappa shape index (κ2) is 9.78. The first kappa shape index (κ1) is 21.3. The number of carbonyl (C=O) groups is 2. The zero-order chi connectivity index (χ0) is 20.7. The molecule has 1 N–H and O–H groups in total. The summed E-state index contributed by atoms with van der Waals surface area (Å²) in [7, 11) is 4.94. The summed E-state index contributed by atoms with van der Waals surface area (Å²) in [5.74, 6) is 1.06. The Labute approximate surface area is 166 Å². The molecule has 0 saturated heterocycles. The number of aryl methyl sites for hydroxylation is 1. The van der Waals surface area contributed by atoms with Crippen LogP contribution in [0.25, 0.3) is 0 Å². The van der Waals surface area contributed by atoms with Crippen molar-refractivity contribution in [2.75, 3.05) is 21.3 Å². The van der Waals surface area contributed by atoms with Gasteiger partial charge in [-0.25, -0.2) is 0 Å². The quantitative estimate of drug-likeness (QED) is 0.759. The van der Waals surface area contributed by atoms with Crippen LogP contribution in [-0.4, -0.2) is 38.0 Å². The highest BCUT2D eigenvalue weighted by Gasteiger charge is 2.20. The molecular formula is C22H28N2O4. The Kier molecular flexibility index (Phi) is 7.44. The average molecular weight is 384 g/mol. The first-order chi connectivity index (χ1) is 13.3. The third-order valence-electron chi connectivity index (χ3n) is 4.63. The van der Waals surface area contributed by atoms with Gasteiger partial charge in [-0.2, -0.15) is 0 Å². The number of nitrogens with zero attached hydrogens (tertiary/aromatic N) is 1. The van der Waals surface area contributed by atoms with E-state index in [1.54, 1.807) is 26.2 Å². The third kappa shape index (κ3) is 5.49. The molecule has 0 aromatic heterocycles. The van der Waals surface area contributed by atoms with Crippen LogP contribution >= 0.6 is 0 Å². The summed E-state index contributed by atoms with van der Waals surface area (Å²) < 4.78 is 10.7. The van der Waals surface area contributed by atoms with Crippen LogP contribution in [0, 0.1) is 6.92 Å². The molecule has 0 bridgehead atoms. The zero-order valence-corrected chi connectivity index (χ0v) is 17.1. The molecule has 150 valence electrons. The van der Waals surface area contributed by atoms with Crippen LogP contribution in [-0.2, 0) is 16.1 Å². The van der Waals surface area contributed by atoms with Gasteiger partial charge in [0.2, 0.25) is 11.8 Å². The van der Waals surface area contributed by atoms with Crippen molar-refractivity contribution in [2.45, 2.75) is 32.9 Å². The van der Waals surface area contributed by atoms with Crippen LogP contribution in [0.3, 0.4) is 0 Å². The lowest BCUT2D eigenvalue weighted by atomic mass is 10.0. The molecule has 6 heteroatoms. The van der Waals surface area contributed by atoms with E-state index in [4.69, 9.17) is 9.47 Å². The fourth-order valence-corrected chi connectivity index (χ4v) is 3.05. The summed E-state index contributed by atoms with van der Waals surface area (Å²) in [4.78, 5) is 26.1. The molecule has 2 aromatic rings. The summed E-state index contributed by atoms with van der Waals surface area (Å²) in [6.45, 7) is 3.86. The second-order valence-corrected chi connectivity index (χ2v) is 6.75. The van der Waals surface area contributed by atoms with Crippen molar-refractivity contribution >= 4 is 11.8 Å². The van der Waals surface area contributed by atoms with Crippen LogP contribution in [0.5, 0.6) is 11.5 Å². The predicted molar refractivity (Wildman–Crippen MR) is 108 cm³/mol. The van der Waals surface area contributed by atoms with Gasteiger partial charge in [0.25, 0.3) is 0 Å². The lowest BCUT2D eigenvalue weighted by molar-refractivity contribution is -0.131. The van der Waals surface area contributed by atoms with E-state index in [0.717, 1.165) is 16.7 Å². The maximum absolute atomic E-state index is 12.8. The van der Waals surface area contributed by atoms with Gasteiger partial charge >= 0.3 is 0 Å². The number of benzene rings is 2. The zero-order valence-electron chi connectivity index (χ0n) is 17.1. The normalized spacial score (nSPS) is 11.5. The second-order valence-electron chi connectivity index (χ2n) is 6.75. The van der Waals surface area contributed by atoms with E-state index in [-0.39, 0.29) is 24.3 Å². The number of rotatable bonds is 8. The van der Waals surface area contributed by atoms with Crippen molar-refractivity contribution in [1.29, 1.82) is 0 Å². The SMILES string of the molecule is COc1cc(C)c(CN(C)C(=O)C[C@H](NC(C)=O)c2ccccc2)cc1OC. The van der Waals surface area contributed by atoms with Crippen LogP contribution in [0.15, 0.2) is 42.5 Å². The molecule has 0 unspecified atom stereocenters. The van der Waals surface area contributed by atoms with Gasteiger partial charge in [-0.15, -0.1) is 0 Å². The van der Waals surface area contributed by atoms with E-state index in [1.165, 1.54) is 6.92 Å². The highest BCUT2D eigenvalue weighted by atomic mass is 16.5. The fourth-order valence-electron chi connectivity index (χ4n) is 3.05. The lowest BCUT2D eigenvalue weighted by Crippen LogP contribution is -2.33. The number of hydrogen-bond donors (Lipinski definition) is 1. The maximum atomic E-state index is 12.8. The molecule has 0 spiro atoms. The Morgan fingerprint density at radius 1 is 1.07 bits per heavy atom.